The maximum atomic E-state index is 11.2. The molecule has 0 atom stereocenters. The third kappa shape index (κ3) is 9.41. The highest BCUT2D eigenvalue weighted by molar-refractivity contribution is 9.10. The van der Waals surface area contributed by atoms with Gasteiger partial charge in [0.1, 0.15) is 0 Å². The number of nitrogens with two attached hydrogens (primary N) is 2. The third-order valence-electron chi connectivity index (χ3n) is 3.47. The Kier molecular flexibility index (Phi) is 11.5. The van der Waals surface area contributed by atoms with Crippen LogP contribution in [0.15, 0.2) is 22.8 Å². The van der Waals surface area contributed by atoms with Crippen molar-refractivity contribution in [3.05, 3.63) is 27.8 Å². The molecular formula is C16H28BrClN3O7P. The zero-order valence-corrected chi connectivity index (χ0v) is 19.2. The van der Waals surface area contributed by atoms with Crippen LogP contribution >= 0.6 is 35.1 Å². The summed E-state index contributed by atoms with van der Waals surface area (Å²) in [5.74, 6) is 0. The first-order chi connectivity index (χ1) is 13.2. The largest absolute Gasteiger partial charge is 0.394 e. The Bertz CT molecular complexity index is 798. The zero-order valence-electron chi connectivity index (χ0n) is 16.0. The number of hydrogen-bond donors (Lipinski definition) is 9. The van der Waals surface area contributed by atoms with Crippen LogP contribution in [0.4, 0.5) is 0 Å². The maximum absolute atomic E-state index is 11.2. The first kappa shape index (κ1) is 28.4. The van der Waals surface area contributed by atoms with E-state index in [9.17, 15) is 4.57 Å². The molecule has 10 nitrogen and oxygen atoms in total. The van der Waals surface area contributed by atoms with Crippen molar-refractivity contribution in [3.63, 3.8) is 0 Å². The van der Waals surface area contributed by atoms with Crippen LogP contribution in [0.2, 0.25) is 5.02 Å². The Morgan fingerprint density at radius 1 is 1.03 bits per heavy atom. The minimum Gasteiger partial charge on any atom is -0.394 e. The molecule has 13 heteroatoms. The number of aliphatic hydroxyl groups excluding tert-OH is 4. The smallest absolute Gasteiger partial charge is 0.358 e. The van der Waals surface area contributed by atoms with Crippen LogP contribution in [0, 0.1) is 0 Å². The zero-order chi connectivity index (χ0) is 23.0. The molecule has 1 heterocycles. The van der Waals surface area contributed by atoms with Gasteiger partial charge in [0.15, 0.2) is 0 Å². The quantitative estimate of drug-likeness (QED) is 0.238. The van der Waals surface area contributed by atoms with Gasteiger partial charge in [-0.25, -0.2) is 0 Å². The van der Waals surface area contributed by atoms with E-state index < -0.39 is 18.7 Å². The molecule has 2 aromatic rings. The van der Waals surface area contributed by atoms with Gasteiger partial charge >= 0.3 is 7.60 Å². The second kappa shape index (κ2) is 11.7. The predicted octanol–water partition coefficient (Wildman–Crippen LogP) is -0.236. The molecule has 0 aliphatic rings. The van der Waals surface area contributed by atoms with Crippen molar-refractivity contribution in [3.8, 4) is 0 Å². The van der Waals surface area contributed by atoms with Gasteiger partial charge in [0, 0.05) is 21.6 Å². The summed E-state index contributed by atoms with van der Waals surface area (Å²) in [5.41, 5.74) is 9.42. The third-order valence-corrected chi connectivity index (χ3v) is 5.74. The SMILES string of the molecule is CC(N)(CO)CO.CC(N)(CO)CO.O=P(O)(O)c1c[nH]c2ccc(Br)c(Cl)c12. The van der Waals surface area contributed by atoms with Crippen molar-refractivity contribution in [2.45, 2.75) is 24.9 Å². The summed E-state index contributed by atoms with van der Waals surface area (Å²) in [4.78, 5) is 21.0. The molecule has 1 aromatic carbocycles. The summed E-state index contributed by atoms with van der Waals surface area (Å²) in [6.07, 6.45) is 1.28. The average Bonchev–Trinajstić information content (AvgIpc) is 3.11. The van der Waals surface area contributed by atoms with Gasteiger partial charge in [-0.15, -0.1) is 0 Å². The summed E-state index contributed by atoms with van der Waals surface area (Å²) in [6.45, 7) is 2.44. The molecule has 168 valence electrons. The lowest BCUT2D eigenvalue weighted by Crippen LogP contribution is -2.43. The van der Waals surface area contributed by atoms with Crippen LogP contribution in [-0.2, 0) is 4.57 Å². The highest BCUT2D eigenvalue weighted by Gasteiger charge is 2.24. The molecule has 1 aromatic heterocycles. The Labute approximate surface area is 181 Å². The van der Waals surface area contributed by atoms with Gasteiger partial charge in [0.25, 0.3) is 0 Å². The van der Waals surface area contributed by atoms with E-state index in [1.807, 2.05) is 0 Å². The molecule has 0 aliphatic heterocycles. The van der Waals surface area contributed by atoms with Crippen LogP contribution in [-0.4, -0.2) is 72.7 Å². The van der Waals surface area contributed by atoms with Crippen molar-refractivity contribution in [1.29, 1.82) is 0 Å². The van der Waals surface area contributed by atoms with E-state index in [0.717, 1.165) is 0 Å². The van der Waals surface area contributed by atoms with E-state index in [2.05, 4.69) is 20.9 Å². The maximum Gasteiger partial charge on any atom is 0.358 e. The first-order valence-corrected chi connectivity index (χ1v) is 11.0. The number of H-pyrrole nitrogens is 1. The summed E-state index contributed by atoms with van der Waals surface area (Å²) < 4.78 is 11.8. The normalized spacial score (nSPS) is 12.1. The summed E-state index contributed by atoms with van der Waals surface area (Å²) in [5, 5.41) is 33.8. The Balaban J connectivity index is 0.000000473. The minimum absolute atomic E-state index is 0.0798. The van der Waals surface area contributed by atoms with Crippen molar-refractivity contribution in [1.82, 2.24) is 4.98 Å². The topological polar surface area (TPSA) is 206 Å². The van der Waals surface area contributed by atoms with Gasteiger partial charge in [0.05, 0.1) is 47.8 Å². The number of aromatic amines is 1. The van der Waals surface area contributed by atoms with Crippen molar-refractivity contribution in [2.75, 3.05) is 26.4 Å². The van der Waals surface area contributed by atoms with Crippen molar-refractivity contribution in [2.24, 2.45) is 11.5 Å². The van der Waals surface area contributed by atoms with E-state index in [4.69, 9.17) is 53.3 Å². The Morgan fingerprint density at radius 2 is 1.45 bits per heavy atom. The molecule has 0 spiro atoms. The number of aromatic nitrogens is 1. The van der Waals surface area contributed by atoms with Crippen LogP contribution in [0.25, 0.3) is 10.9 Å². The molecule has 0 amide bonds. The highest BCUT2D eigenvalue weighted by atomic mass is 79.9. The summed E-state index contributed by atoms with van der Waals surface area (Å²) >= 11 is 9.17. The standard InChI is InChI=1S/C8H6BrClNO3P.2C4H11NO2/c9-4-1-2-5-7(8(4)10)6(3-11-5)15(12,13)14;2*1-4(5,2-6)3-7/h1-3,11H,(H2,12,13,14);2*6-7H,2-3,5H2,1H3. The van der Waals surface area contributed by atoms with Gasteiger partial charge in [-0.05, 0) is 41.9 Å². The second-order valence-corrected chi connectivity index (χ2v) is 9.74. The van der Waals surface area contributed by atoms with E-state index >= 15 is 0 Å². The van der Waals surface area contributed by atoms with Crippen molar-refractivity contribution < 1.29 is 34.8 Å². The molecule has 0 bridgehead atoms. The molecule has 0 fully saturated rings. The molecule has 0 saturated carbocycles. The molecule has 0 saturated heterocycles. The Hall–Kier alpha value is -0.560. The average molecular weight is 521 g/mol. The molecule has 2 rings (SSSR count). The number of benzene rings is 1. The number of hydrogen-bond acceptors (Lipinski definition) is 7. The lowest BCUT2D eigenvalue weighted by atomic mass is 10.1. The summed E-state index contributed by atoms with van der Waals surface area (Å²) in [6, 6.07) is 3.41. The van der Waals surface area contributed by atoms with Crippen LogP contribution in [0.3, 0.4) is 0 Å². The van der Waals surface area contributed by atoms with Gasteiger partial charge in [-0.3, -0.25) is 4.57 Å². The van der Waals surface area contributed by atoms with Crippen molar-refractivity contribution >= 4 is 51.3 Å². The molecule has 0 radical (unpaired) electrons. The van der Waals surface area contributed by atoms with E-state index in [1.165, 1.54) is 6.20 Å². The highest BCUT2D eigenvalue weighted by Crippen LogP contribution is 2.40. The number of nitrogens with one attached hydrogen (secondary N) is 1. The Morgan fingerprint density at radius 3 is 1.76 bits per heavy atom. The number of fused-ring (bicyclic) bond motifs is 1. The van der Waals surface area contributed by atoms with Gasteiger partial charge < -0.3 is 46.7 Å². The van der Waals surface area contributed by atoms with E-state index in [-0.39, 0.29) is 31.7 Å². The first-order valence-electron chi connectivity index (χ1n) is 8.18. The molecule has 11 N–H and O–H groups in total. The number of aliphatic hydroxyl groups is 4. The second-order valence-electron chi connectivity index (χ2n) is 6.94. The van der Waals surface area contributed by atoms with Gasteiger partial charge in [-0.2, -0.15) is 0 Å². The molecule has 29 heavy (non-hydrogen) atoms. The van der Waals surface area contributed by atoms with Crippen LogP contribution in [0.1, 0.15) is 13.8 Å². The minimum atomic E-state index is -4.30. The van der Waals surface area contributed by atoms with Gasteiger partial charge in [-0.1, -0.05) is 11.6 Å². The monoisotopic (exact) mass is 519 g/mol. The fraction of sp³-hybridized carbons (Fsp3) is 0.500. The lowest BCUT2D eigenvalue weighted by Gasteiger charge is -2.16. The lowest BCUT2D eigenvalue weighted by molar-refractivity contribution is 0.134. The van der Waals surface area contributed by atoms with E-state index in [0.29, 0.717) is 20.4 Å². The fourth-order valence-electron chi connectivity index (χ4n) is 1.47. The number of rotatable bonds is 5. The molecular weight excluding hydrogens is 493 g/mol. The number of halogens is 2. The van der Waals surface area contributed by atoms with E-state index in [1.54, 1.807) is 26.0 Å². The van der Waals surface area contributed by atoms with Gasteiger partial charge in [0.2, 0.25) is 0 Å². The van der Waals surface area contributed by atoms with Crippen LogP contribution in [0.5, 0.6) is 0 Å². The van der Waals surface area contributed by atoms with Crippen LogP contribution < -0.4 is 16.8 Å². The predicted molar refractivity (Wildman–Crippen MR) is 116 cm³/mol. The fourth-order valence-corrected chi connectivity index (χ4v) is 2.89. The molecule has 0 aliphatic carbocycles. The summed E-state index contributed by atoms with van der Waals surface area (Å²) in [7, 11) is -4.30. The molecule has 0 unspecified atom stereocenters.